The Morgan fingerprint density at radius 1 is 1.54 bits per heavy atom. The molecule has 0 saturated carbocycles. The average molecular weight is 246 g/mol. The van der Waals surface area contributed by atoms with Crippen LogP contribution in [0, 0.1) is 12.7 Å². The van der Waals surface area contributed by atoms with Gasteiger partial charge < -0.3 is 5.73 Å². The van der Waals surface area contributed by atoms with Crippen LogP contribution in [0.4, 0.5) is 4.39 Å². The number of rotatable bonds is 2. The van der Waals surface area contributed by atoms with E-state index in [1.54, 1.807) is 19.1 Å². The average Bonchev–Trinajstić information content (AvgIpc) is 2.10. The van der Waals surface area contributed by atoms with Crippen molar-refractivity contribution in [1.29, 1.82) is 0 Å². The Morgan fingerprint density at radius 2 is 2.15 bits per heavy atom. The van der Waals surface area contributed by atoms with Crippen molar-refractivity contribution in [2.45, 2.75) is 26.3 Å². The van der Waals surface area contributed by atoms with Crippen LogP contribution in [0.5, 0.6) is 0 Å². The Labute approximate surface area is 86.3 Å². The molecule has 3 heteroatoms. The summed E-state index contributed by atoms with van der Waals surface area (Å²) in [6.07, 6.45) is 0.743. The molecule has 13 heavy (non-hydrogen) atoms. The molecule has 0 saturated heterocycles. The molecule has 1 nitrogen and oxygen atoms in total. The Kier molecular flexibility index (Phi) is 3.45. The SMILES string of the molecule is CC[C@H](N)c1cc(Br)cc(C)c1F. The molecule has 1 atom stereocenters. The van der Waals surface area contributed by atoms with Gasteiger partial charge in [0.2, 0.25) is 0 Å². The first-order valence-corrected chi connectivity index (χ1v) is 5.06. The molecule has 1 rings (SSSR count). The quantitative estimate of drug-likeness (QED) is 0.851. The van der Waals surface area contributed by atoms with Gasteiger partial charge in [0, 0.05) is 16.1 Å². The van der Waals surface area contributed by atoms with Crippen molar-refractivity contribution >= 4 is 15.9 Å². The van der Waals surface area contributed by atoms with Crippen molar-refractivity contribution in [3.05, 3.63) is 33.5 Å². The lowest BCUT2D eigenvalue weighted by Crippen LogP contribution is -2.11. The molecule has 0 radical (unpaired) electrons. The maximum Gasteiger partial charge on any atom is 0.130 e. The minimum atomic E-state index is -0.212. The van der Waals surface area contributed by atoms with Crippen LogP contribution in [0.15, 0.2) is 16.6 Å². The zero-order valence-corrected chi connectivity index (χ0v) is 9.36. The van der Waals surface area contributed by atoms with Crippen molar-refractivity contribution in [1.82, 2.24) is 0 Å². The molecule has 0 spiro atoms. The molecule has 1 aromatic rings. The van der Waals surface area contributed by atoms with Gasteiger partial charge in [0.1, 0.15) is 5.82 Å². The normalized spacial score (nSPS) is 13.0. The molecular formula is C10H13BrFN. The van der Waals surface area contributed by atoms with Crippen LogP contribution in [-0.2, 0) is 0 Å². The number of hydrogen-bond acceptors (Lipinski definition) is 1. The zero-order chi connectivity index (χ0) is 10.0. The summed E-state index contributed by atoms with van der Waals surface area (Å²) in [5, 5.41) is 0. The molecule has 0 aliphatic heterocycles. The largest absolute Gasteiger partial charge is 0.324 e. The van der Waals surface area contributed by atoms with E-state index >= 15 is 0 Å². The Balaban J connectivity index is 3.20. The first kappa shape index (κ1) is 10.7. The monoisotopic (exact) mass is 245 g/mol. The van der Waals surface area contributed by atoms with Gasteiger partial charge in [0.05, 0.1) is 0 Å². The second-order valence-electron chi connectivity index (χ2n) is 3.14. The smallest absolute Gasteiger partial charge is 0.130 e. The number of nitrogens with two attached hydrogens (primary N) is 1. The lowest BCUT2D eigenvalue weighted by atomic mass is 10.0. The van der Waals surface area contributed by atoms with Crippen LogP contribution in [0.1, 0.15) is 30.5 Å². The Bertz CT molecular complexity index is 312. The molecule has 0 aliphatic rings. The van der Waals surface area contributed by atoms with Gasteiger partial charge in [0.25, 0.3) is 0 Å². The van der Waals surface area contributed by atoms with Gasteiger partial charge >= 0.3 is 0 Å². The zero-order valence-electron chi connectivity index (χ0n) is 7.77. The van der Waals surface area contributed by atoms with Gasteiger partial charge in [-0.2, -0.15) is 0 Å². The second-order valence-corrected chi connectivity index (χ2v) is 4.06. The summed E-state index contributed by atoms with van der Waals surface area (Å²) in [4.78, 5) is 0. The van der Waals surface area contributed by atoms with E-state index in [1.807, 2.05) is 6.92 Å². The molecule has 0 aliphatic carbocycles. The van der Waals surface area contributed by atoms with E-state index in [-0.39, 0.29) is 11.9 Å². The van der Waals surface area contributed by atoms with E-state index in [0.29, 0.717) is 11.1 Å². The summed E-state index contributed by atoms with van der Waals surface area (Å²) in [5.74, 6) is -0.183. The highest BCUT2D eigenvalue weighted by atomic mass is 79.9. The maximum atomic E-state index is 13.5. The minimum absolute atomic E-state index is 0.183. The van der Waals surface area contributed by atoms with E-state index < -0.39 is 0 Å². The van der Waals surface area contributed by atoms with Gasteiger partial charge in [-0.15, -0.1) is 0 Å². The van der Waals surface area contributed by atoms with E-state index in [2.05, 4.69) is 15.9 Å². The fraction of sp³-hybridized carbons (Fsp3) is 0.400. The lowest BCUT2D eigenvalue weighted by Gasteiger charge is -2.12. The van der Waals surface area contributed by atoms with Gasteiger partial charge in [-0.1, -0.05) is 22.9 Å². The number of benzene rings is 1. The molecule has 0 bridgehead atoms. The Hall–Kier alpha value is -0.410. The summed E-state index contributed by atoms with van der Waals surface area (Å²) in [6, 6.07) is 3.29. The van der Waals surface area contributed by atoms with Crippen molar-refractivity contribution < 1.29 is 4.39 Å². The summed E-state index contributed by atoms with van der Waals surface area (Å²) >= 11 is 3.32. The molecule has 2 N–H and O–H groups in total. The third-order valence-electron chi connectivity index (χ3n) is 2.09. The molecule has 0 aromatic heterocycles. The summed E-state index contributed by atoms with van der Waals surface area (Å²) in [6.45, 7) is 3.69. The summed E-state index contributed by atoms with van der Waals surface area (Å²) in [7, 11) is 0. The Morgan fingerprint density at radius 3 is 2.69 bits per heavy atom. The van der Waals surface area contributed by atoms with Gasteiger partial charge in [-0.25, -0.2) is 4.39 Å². The fourth-order valence-electron chi connectivity index (χ4n) is 1.24. The maximum absolute atomic E-state index is 13.5. The first-order valence-electron chi connectivity index (χ1n) is 4.27. The van der Waals surface area contributed by atoms with E-state index in [4.69, 9.17) is 5.73 Å². The van der Waals surface area contributed by atoms with Crippen LogP contribution < -0.4 is 5.73 Å². The van der Waals surface area contributed by atoms with Crippen LogP contribution in [0.3, 0.4) is 0 Å². The first-order chi connectivity index (χ1) is 6.06. The van der Waals surface area contributed by atoms with Gasteiger partial charge in [0.15, 0.2) is 0 Å². The van der Waals surface area contributed by atoms with Crippen LogP contribution >= 0.6 is 15.9 Å². The highest BCUT2D eigenvalue weighted by Crippen LogP contribution is 2.24. The third kappa shape index (κ3) is 2.29. The molecule has 1 aromatic carbocycles. The van der Waals surface area contributed by atoms with Crippen LogP contribution in [0.2, 0.25) is 0 Å². The number of aryl methyl sites for hydroxylation is 1. The molecular weight excluding hydrogens is 233 g/mol. The second kappa shape index (κ2) is 4.20. The molecule has 0 amide bonds. The lowest BCUT2D eigenvalue weighted by molar-refractivity contribution is 0.568. The molecule has 72 valence electrons. The van der Waals surface area contributed by atoms with Crippen molar-refractivity contribution in [3.63, 3.8) is 0 Å². The molecule has 0 heterocycles. The molecule has 0 fully saturated rings. The van der Waals surface area contributed by atoms with Crippen LogP contribution in [-0.4, -0.2) is 0 Å². The number of hydrogen-bond donors (Lipinski definition) is 1. The molecule has 0 unspecified atom stereocenters. The third-order valence-corrected chi connectivity index (χ3v) is 2.54. The van der Waals surface area contributed by atoms with Crippen molar-refractivity contribution in [2.24, 2.45) is 5.73 Å². The summed E-state index contributed by atoms with van der Waals surface area (Å²) < 4.78 is 14.4. The standard InChI is InChI=1S/C10H13BrFN/c1-3-9(13)8-5-7(11)4-6(2)10(8)12/h4-5,9H,3,13H2,1-2H3/t9-/m0/s1. The number of halogens is 2. The van der Waals surface area contributed by atoms with E-state index in [1.165, 1.54) is 0 Å². The predicted molar refractivity (Wildman–Crippen MR) is 56.1 cm³/mol. The highest BCUT2D eigenvalue weighted by Gasteiger charge is 2.12. The van der Waals surface area contributed by atoms with E-state index in [0.717, 1.165) is 10.9 Å². The van der Waals surface area contributed by atoms with Crippen molar-refractivity contribution in [2.75, 3.05) is 0 Å². The van der Waals surface area contributed by atoms with Crippen molar-refractivity contribution in [3.8, 4) is 0 Å². The minimum Gasteiger partial charge on any atom is -0.324 e. The highest BCUT2D eigenvalue weighted by molar-refractivity contribution is 9.10. The topological polar surface area (TPSA) is 26.0 Å². The fourth-order valence-corrected chi connectivity index (χ4v) is 1.83. The summed E-state index contributed by atoms with van der Waals surface area (Å²) in [5.41, 5.74) is 7.00. The van der Waals surface area contributed by atoms with E-state index in [9.17, 15) is 4.39 Å². The predicted octanol–water partition coefficient (Wildman–Crippen LogP) is 3.31. The van der Waals surface area contributed by atoms with Crippen LogP contribution in [0.25, 0.3) is 0 Å². The van der Waals surface area contributed by atoms with Gasteiger partial charge in [-0.3, -0.25) is 0 Å². The van der Waals surface area contributed by atoms with Gasteiger partial charge in [-0.05, 0) is 31.0 Å².